The van der Waals surface area contributed by atoms with Gasteiger partial charge >= 0.3 is 0 Å². The highest BCUT2D eigenvalue weighted by Gasteiger charge is 2.17. The quantitative estimate of drug-likeness (QED) is 0.780. The van der Waals surface area contributed by atoms with Gasteiger partial charge in [-0.05, 0) is 50.3 Å². The highest BCUT2D eigenvalue weighted by atomic mass is 16.5. The summed E-state index contributed by atoms with van der Waals surface area (Å²) < 4.78 is 5.74. The van der Waals surface area contributed by atoms with E-state index >= 15 is 0 Å². The number of hydrogen-bond acceptors (Lipinski definition) is 2. The lowest BCUT2D eigenvalue weighted by Gasteiger charge is -2.14. The second-order valence-electron chi connectivity index (χ2n) is 4.00. The minimum absolute atomic E-state index is 0.252. The summed E-state index contributed by atoms with van der Waals surface area (Å²) in [5, 5.41) is 9.57. The molecule has 76 valence electrons. The van der Waals surface area contributed by atoms with Gasteiger partial charge in [0.25, 0.3) is 0 Å². The maximum Gasteiger partial charge on any atom is 0.161 e. The normalized spacial score (nSPS) is 17.2. The summed E-state index contributed by atoms with van der Waals surface area (Å²) in [6, 6.07) is 5.48. The molecule has 0 amide bonds. The van der Waals surface area contributed by atoms with Gasteiger partial charge in [-0.3, -0.25) is 0 Å². The van der Waals surface area contributed by atoms with Crippen molar-refractivity contribution in [3.63, 3.8) is 0 Å². The molecule has 0 spiro atoms. The molecule has 1 saturated carbocycles. The molecule has 1 aromatic rings. The lowest BCUT2D eigenvalue weighted by molar-refractivity contribution is 0.201. The fraction of sp³-hybridized carbons (Fsp3) is 0.500. The first-order valence-electron chi connectivity index (χ1n) is 5.22. The zero-order valence-electron chi connectivity index (χ0n) is 8.49. The van der Waals surface area contributed by atoms with Crippen LogP contribution in [0.25, 0.3) is 0 Å². The summed E-state index contributed by atoms with van der Waals surface area (Å²) in [6.07, 6.45) is 5.04. The summed E-state index contributed by atoms with van der Waals surface area (Å²) in [7, 11) is 0. The summed E-state index contributed by atoms with van der Waals surface area (Å²) in [4.78, 5) is 0. The number of aryl methyl sites for hydroxylation is 1. The number of hydrogen-bond donors (Lipinski definition) is 1. The maximum absolute atomic E-state index is 9.57. The van der Waals surface area contributed by atoms with Gasteiger partial charge in [-0.25, -0.2) is 0 Å². The fourth-order valence-corrected chi connectivity index (χ4v) is 1.90. The molecule has 2 rings (SSSR count). The van der Waals surface area contributed by atoms with Crippen LogP contribution in [0.15, 0.2) is 18.2 Å². The average molecular weight is 192 g/mol. The van der Waals surface area contributed by atoms with Crippen LogP contribution < -0.4 is 4.74 Å². The predicted octanol–water partition coefficient (Wildman–Crippen LogP) is 3.02. The van der Waals surface area contributed by atoms with Crippen molar-refractivity contribution in [3.8, 4) is 11.5 Å². The van der Waals surface area contributed by atoms with Crippen molar-refractivity contribution in [3.05, 3.63) is 23.8 Å². The second kappa shape index (κ2) is 3.91. The Labute approximate surface area is 84.5 Å². The Balaban J connectivity index is 2.10. The third-order valence-corrected chi connectivity index (χ3v) is 2.71. The van der Waals surface area contributed by atoms with Gasteiger partial charge < -0.3 is 9.84 Å². The molecule has 0 saturated heterocycles. The molecule has 0 atom stereocenters. The monoisotopic (exact) mass is 192 g/mol. The molecular weight excluding hydrogens is 176 g/mol. The van der Waals surface area contributed by atoms with Gasteiger partial charge in [0.15, 0.2) is 11.5 Å². The molecule has 1 fully saturated rings. The Morgan fingerprint density at radius 1 is 1.29 bits per heavy atom. The van der Waals surface area contributed by atoms with E-state index < -0.39 is 0 Å². The Morgan fingerprint density at radius 2 is 2.00 bits per heavy atom. The summed E-state index contributed by atoms with van der Waals surface area (Å²) in [6.45, 7) is 2.00. The average Bonchev–Trinajstić information content (AvgIpc) is 2.64. The molecule has 1 aliphatic carbocycles. The van der Waals surface area contributed by atoms with E-state index in [1.54, 1.807) is 6.07 Å². The van der Waals surface area contributed by atoms with Gasteiger partial charge in [0.2, 0.25) is 0 Å². The maximum atomic E-state index is 9.57. The number of rotatable bonds is 2. The Kier molecular flexibility index (Phi) is 2.62. The van der Waals surface area contributed by atoms with E-state index in [1.807, 2.05) is 19.1 Å². The van der Waals surface area contributed by atoms with Crippen LogP contribution in [-0.2, 0) is 0 Å². The van der Waals surface area contributed by atoms with Gasteiger partial charge in [0.1, 0.15) is 0 Å². The molecule has 0 aromatic heterocycles. The first kappa shape index (κ1) is 9.38. The number of phenolic OH excluding ortho intramolecular Hbond substituents is 1. The zero-order valence-corrected chi connectivity index (χ0v) is 8.49. The van der Waals surface area contributed by atoms with Crippen molar-refractivity contribution in [2.45, 2.75) is 38.7 Å². The largest absolute Gasteiger partial charge is 0.504 e. The van der Waals surface area contributed by atoms with Crippen molar-refractivity contribution in [1.29, 1.82) is 0 Å². The molecule has 2 nitrogen and oxygen atoms in total. The first-order chi connectivity index (χ1) is 6.75. The Hall–Kier alpha value is -1.18. The van der Waals surface area contributed by atoms with Gasteiger partial charge in [0.05, 0.1) is 6.10 Å². The van der Waals surface area contributed by atoms with Crippen LogP contribution in [0.1, 0.15) is 31.2 Å². The van der Waals surface area contributed by atoms with E-state index in [0.717, 1.165) is 18.4 Å². The lowest BCUT2D eigenvalue weighted by Crippen LogP contribution is -2.10. The summed E-state index contributed by atoms with van der Waals surface area (Å²) in [5.41, 5.74) is 1.12. The third-order valence-electron chi connectivity index (χ3n) is 2.71. The summed E-state index contributed by atoms with van der Waals surface area (Å²) >= 11 is 0. The molecule has 0 aliphatic heterocycles. The summed E-state index contributed by atoms with van der Waals surface area (Å²) in [5.74, 6) is 0.888. The first-order valence-corrected chi connectivity index (χ1v) is 5.22. The number of benzene rings is 1. The molecule has 14 heavy (non-hydrogen) atoms. The SMILES string of the molecule is Cc1ccc(O)c(OC2CCCC2)c1. The van der Waals surface area contributed by atoms with Gasteiger partial charge in [-0.1, -0.05) is 6.07 Å². The van der Waals surface area contributed by atoms with Crippen LogP contribution in [-0.4, -0.2) is 11.2 Å². The molecule has 1 aliphatic rings. The van der Waals surface area contributed by atoms with Gasteiger partial charge in [0, 0.05) is 0 Å². The van der Waals surface area contributed by atoms with Crippen molar-refractivity contribution in [2.75, 3.05) is 0 Å². The van der Waals surface area contributed by atoms with Gasteiger partial charge in [-0.2, -0.15) is 0 Å². The third kappa shape index (κ3) is 2.00. The standard InChI is InChI=1S/C12H16O2/c1-9-6-7-11(13)12(8-9)14-10-4-2-3-5-10/h6-8,10,13H,2-5H2,1H3. The molecule has 2 heteroatoms. The minimum atomic E-state index is 0.252. The van der Waals surface area contributed by atoms with Crippen LogP contribution in [0.4, 0.5) is 0 Å². The highest BCUT2D eigenvalue weighted by molar-refractivity contribution is 5.41. The zero-order chi connectivity index (χ0) is 9.97. The van der Waals surface area contributed by atoms with E-state index in [0.29, 0.717) is 11.9 Å². The predicted molar refractivity (Wildman–Crippen MR) is 55.7 cm³/mol. The van der Waals surface area contributed by atoms with Crippen molar-refractivity contribution < 1.29 is 9.84 Å². The Bertz CT molecular complexity index is 314. The van der Waals surface area contributed by atoms with Crippen LogP contribution in [0.2, 0.25) is 0 Å². The van der Waals surface area contributed by atoms with Crippen molar-refractivity contribution >= 4 is 0 Å². The van der Waals surface area contributed by atoms with Crippen LogP contribution in [0.3, 0.4) is 0 Å². The molecule has 0 bridgehead atoms. The fourth-order valence-electron chi connectivity index (χ4n) is 1.90. The number of phenols is 1. The van der Waals surface area contributed by atoms with E-state index in [2.05, 4.69) is 0 Å². The van der Waals surface area contributed by atoms with E-state index in [-0.39, 0.29) is 5.75 Å². The number of ether oxygens (including phenoxy) is 1. The second-order valence-corrected chi connectivity index (χ2v) is 4.00. The van der Waals surface area contributed by atoms with Crippen LogP contribution >= 0.6 is 0 Å². The van der Waals surface area contributed by atoms with E-state index in [1.165, 1.54) is 12.8 Å². The molecule has 1 aromatic carbocycles. The Morgan fingerprint density at radius 3 is 2.71 bits per heavy atom. The molecule has 0 heterocycles. The molecule has 0 unspecified atom stereocenters. The lowest BCUT2D eigenvalue weighted by atomic mass is 10.2. The van der Waals surface area contributed by atoms with Gasteiger partial charge in [-0.15, -0.1) is 0 Å². The number of aromatic hydroxyl groups is 1. The molecule has 0 radical (unpaired) electrons. The molecule has 1 N–H and O–H groups in total. The van der Waals surface area contributed by atoms with Crippen LogP contribution in [0, 0.1) is 6.92 Å². The van der Waals surface area contributed by atoms with Crippen molar-refractivity contribution in [1.82, 2.24) is 0 Å². The highest BCUT2D eigenvalue weighted by Crippen LogP contribution is 2.31. The van der Waals surface area contributed by atoms with E-state index in [9.17, 15) is 5.11 Å². The van der Waals surface area contributed by atoms with E-state index in [4.69, 9.17) is 4.74 Å². The van der Waals surface area contributed by atoms with Crippen molar-refractivity contribution in [2.24, 2.45) is 0 Å². The smallest absolute Gasteiger partial charge is 0.161 e. The molecular formula is C12H16O2. The van der Waals surface area contributed by atoms with Crippen LogP contribution in [0.5, 0.6) is 11.5 Å². The topological polar surface area (TPSA) is 29.5 Å². The minimum Gasteiger partial charge on any atom is -0.504 e.